The maximum absolute atomic E-state index is 12.6. The van der Waals surface area contributed by atoms with Crippen LogP contribution >= 0.6 is 0 Å². The molecule has 2 heterocycles. The van der Waals surface area contributed by atoms with Gasteiger partial charge in [0, 0.05) is 32.0 Å². The van der Waals surface area contributed by atoms with Gasteiger partial charge < -0.3 is 9.64 Å². The number of hydrogen-bond donors (Lipinski definition) is 0. The number of benzene rings is 1. The molecular weight excluding hydrogens is 302 g/mol. The fourth-order valence-corrected chi connectivity index (χ4v) is 3.08. The molecule has 3 rings (SSSR count). The predicted molar refractivity (Wildman–Crippen MR) is 92.9 cm³/mol. The summed E-state index contributed by atoms with van der Waals surface area (Å²) in [6, 6.07) is 12.1. The van der Waals surface area contributed by atoms with Crippen molar-refractivity contribution in [3.05, 3.63) is 59.9 Å². The lowest BCUT2D eigenvalue weighted by Gasteiger charge is -2.39. The van der Waals surface area contributed by atoms with Gasteiger partial charge in [0.2, 0.25) is 5.91 Å². The molecule has 1 aliphatic rings. The summed E-state index contributed by atoms with van der Waals surface area (Å²) in [6.07, 6.45) is 3.89. The SMILES string of the molecule is COc1ccc([C@@H]2CN(C(=O)Cc3cccnc3)CCN2C)cc1. The lowest BCUT2D eigenvalue weighted by atomic mass is 10.0. The molecule has 5 nitrogen and oxygen atoms in total. The molecule has 0 aliphatic carbocycles. The monoisotopic (exact) mass is 325 g/mol. The molecule has 0 saturated carbocycles. The van der Waals surface area contributed by atoms with E-state index in [1.54, 1.807) is 19.5 Å². The first kappa shape index (κ1) is 16.5. The molecule has 0 spiro atoms. The molecule has 0 N–H and O–H groups in total. The van der Waals surface area contributed by atoms with Crippen LogP contribution in [-0.4, -0.2) is 54.5 Å². The molecule has 24 heavy (non-hydrogen) atoms. The van der Waals surface area contributed by atoms with Crippen LogP contribution < -0.4 is 4.74 Å². The Kier molecular flexibility index (Phi) is 5.11. The standard InChI is InChI=1S/C19H23N3O2/c1-21-10-11-22(19(23)12-15-4-3-9-20-13-15)14-18(21)16-5-7-17(24-2)8-6-16/h3-9,13,18H,10-12,14H2,1-2H3/t18-/m0/s1. The van der Waals surface area contributed by atoms with Crippen molar-refractivity contribution < 1.29 is 9.53 Å². The zero-order valence-corrected chi connectivity index (χ0v) is 14.2. The van der Waals surface area contributed by atoms with E-state index >= 15 is 0 Å². The minimum absolute atomic E-state index is 0.162. The normalized spacial score (nSPS) is 18.4. The van der Waals surface area contributed by atoms with Gasteiger partial charge in [-0.1, -0.05) is 18.2 Å². The Labute approximate surface area is 142 Å². The number of methoxy groups -OCH3 is 1. The highest BCUT2D eigenvalue weighted by atomic mass is 16.5. The summed E-state index contributed by atoms with van der Waals surface area (Å²) >= 11 is 0. The smallest absolute Gasteiger partial charge is 0.227 e. The van der Waals surface area contributed by atoms with Gasteiger partial charge in [0.1, 0.15) is 5.75 Å². The summed E-state index contributed by atoms with van der Waals surface area (Å²) in [6.45, 7) is 2.35. The highest BCUT2D eigenvalue weighted by Crippen LogP contribution is 2.26. The third kappa shape index (κ3) is 3.74. The predicted octanol–water partition coefficient (Wildman–Crippen LogP) is 2.15. The molecule has 1 saturated heterocycles. The molecule has 0 radical (unpaired) electrons. The van der Waals surface area contributed by atoms with Gasteiger partial charge in [-0.15, -0.1) is 0 Å². The number of likely N-dealkylation sites (N-methyl/N-ethyl adjacent to an activating group) is 1. The Morgan fingerprint density at radius 3 is 2.71 bits per heavy atom. The van der Waals surface area contributed by atoms with Crippen molar-refractivity contribution in [2.75, 3.05) is 33.8 Å². The van der Waals surface area contributed by atoms with Crippen LogP contribution in [-0.2, 0) is 11.2 Å². The van der Waals surface area contributed by atoms with Crippen LogP contribution in [0.4, 0.5) is 0 Å². The van der Waals surface area contributed by atoms with E-state index in [-0.39, 0.29) is 11.9 Å². The molecule has 0 unspecified atom stereocenters. The van der Waals surface area contributed by atoms with Gasteiger partial charge in [-0.05, 0) is 36.4 Å². The Morgan fingerprint density at radius 1 is 1.25 bits per heavy atom. The number of carbonyl (C=O) groups is 1. The second-order valence-corrected chi connectivity index (χ2v) is 6.15. The maximum atomic E-state index is 12.6. The highest BCUT2D eigenvalue weighted by Gasteiger charge is 2.28. The van der Waals surface area contributed by atoms with Crippen LogP contribution in [0.15, 0.2) is 48.8 Å². The average molecular weight is 325 g/mol. The van der Waals surface area contributed by atoms with E-state index in [4.69, 9.17) is 4.74 Å². The van der Waals surface area contributed by atoms with Crippen LogP contribution in [0.3, 0.4) is 0 Å². The summed E-state index contributed by atoms with van der Waals surface area (Å²) in [5.74, 6) is 1.01. The number of carbonyl (C=O) groups excluding carboxylic acids is 1. The summed E-state index contributed by atoms with van der Waals surface area (Å²) in [4.78, 5) is 21.0. The Hall–Kier alpha value is -2.40. The lowest BCUT2D eigenvalue weighted by molar-refractivity contribution is -0.133. The van der Waals surface area contributed by atoms with Crippen molar-refractivity contribution >= 4 is 5.91 Å². The zero-order valence-electron chi connectivity index (χ0n) is 14.2. The molecule has 126 valence electrons. The van der Waals surface area contributed by atoms with Crippen LogP contribution in [0.25, 0.3) is 0 Å². The van der Waals surface area contributed by atoms with E-state index in [1.165, 1.54) is 5.56 Å². The molecule has 1 amide bonds. The quantitative estimate of drug-likeness (QED) is 0.864. The van der Waals surface area contributed by atoms with E-state index < -0.39 is 0 Å². The van der Waals surface area contributed by atoms with Crippen LogP contribution in [0.2, 0.25) is 0 Å². The van der Waals surface area contributed by atoms with Gasteiger partial charge in [-0.2, -0.15) is 0 Å². The number of aromatic nitrogens is 1. The average Bonchev–Trinajstić information content (AvgIpc) is 2.63. The number of ether oxygens (including phenoxy) is 1. The molecule has 1 fully saturated rings. The second-order valence-electron chi connectivity index (χ2n) is 6.15. The highest BCUT2D eigenvalue weighted by molar-refractivity contribution is 5.78. The third-order valence-electron chi connectivity index (χ3n) is 4.58. The number of rotatable bonds is 4. The van der Waals surface area contributed by atoms with Crippen molar-refractivity contribution in [2.45, 2.75) is 12.5 Å². The lowest BCUT2D eigenvalue weighted by Crippen LogP contribution is -2.49. The number of pyridine rings is 1. The largest absolute Gasteiger partial charge is 0.497 e. The molecule has 1 atom stereocenters. The van der Waals surface area contributed by atoms with Gasteiger partial charge >= 0.3 is 0 Å². The van der Waals surface area contributed by atoms with Crippen molar-refractivity contribution in [3.63, 3.8) is 0 Å². The minimum Gasteiger partial charge on any atom is -0.497 e. The van der Waals surface area contributed by atoms with Crippen LogP contribution in [0.1, 0.15) is 17.2 Å². The van der Waals surface area contributed by atoms with Gasteiger partial charge in [0.15, 0.2) is 0 Å². The van der Waals surface area contributed by atoms with E-state index in [9.17, 15) is 4.79 Å². The summed E-state index contributed by atoms with van der Waals surface area (Å²) < 4.78 is 5.23. The molecule has 1 aromatic heterocycles. The zero-order chi connectivity index (χ0) is 16.9. The van der Waals surface area contributed by atoms with Crippen molar-refractivity contribution in [1.29, 1.82) is 0 Å². The molecule has 2 aromatic rings. The third-order valence-corrected chi connectivity index (χ3v) is 4.58. The fourth-order valence-electron chi connectivity index (χ4n) is 3.08. The number of hydrogen-bond acceptors (Lipinski definition) is 4. The molecule has 1 aromatic carbocycles. The topological polar surface area (TPSA) is 45.7 Å². The molecule has 0 bridgehead atoms. The first-order valence-corrected chi connectivity index (χ1v) is 8.18. The Morgan fingerprint density at radius 2 is 2.04 bits per heavy atom. The number of amides is 1. The van der Waals surface area contributed by atoms with Gasteiger partial charge in [-0.3, -0.25) is 14.7 Å². The first-order valence-electron chi connectivity index (χ1n) is 8.18. The number of piperazine rings is 1. The first-order chi connectivity index (χ1) is 11.7. The van der Waals surface area contributed by atoms with Gasteiger partial charge in [-0.25, -0.2) is 0 Å². The summed E-state index contributed by atoms with van der Waals surface area (Å²) in [5.41, 5.74) is 2.17. The van der Waals surface area contributed by atoms with E-state index in [1.807, 2.05) is 29.2 Å². The van der Waals surface area contributed by atoms with Crippen molar-refractivity contribution in [3.8, 4) is 5.75 Å². The van der Waals surface area contributed by atoms with E-state index in [2.05, 4.69) is 29.1 Å². The number of nitrogens with zero attached hydrogens (tertiary/aromatic N) is 3. The van der Waals surface area contributed by atoms with Crippen molar-refractivity contribution in [1.82, 2.24) is 14.8 Å². The Balaban J connectivity index is 1.69. The van der Waals surface area contributed by atoms with Crippen molar-refractivity contribution in [2.24, 2.45) is 0 Å². The molecule has 5 heteroatoms. The van der Waals surface area contributed by atoms with E-state index in [0.717, 1.165) is 24.4 Å². The minimum atomic E-state index is 0.162. The second kappa shape index (κ2) is 7.45. The fraction of sp³-hybridized carbons (Fsp3) is 0.368. The maximum Gasteiger partial charge on any atom is 0.227 e. The van der Waals surface area contributed by atoms with Crippen LogP contribution in [0.5, 0.6) is 5.75 Å². The summed E-state index contributed by atoms with van der Waals surface area (Å²) in [7, 11) is 3.78. The van der Waals surface area contributed by atoms with E-state index in [0.29, 0.717) is 13.0 Å². The van der Waals surface area contributed by atoms with Crippen LogP contribution in [0, 0.1) is 0 Å². The van der Waals surface area contributed by atoms with Gasteiger partial charge in [0.05, 0.1) is 19.6 Å². The Bertz CT molecular complexity index is 673. The molecule has 1 aliphatic heterocycles. The summed E-state index contributed by atoms with van der Waals surface area (Å²) in [5, 5.41) is 0. The molecular formula is C19H23N3O2. The van der Waals surface area contributed by atoms with Gasteiger partial charge in [0.25, 0.3) is 0 Å².